The summed E-state index contributed by atoms with van der Waals surface area (Å²) in [5.74, 6) is 0.506. The molecule has 0 aliphatic carbocycles. The highest BCUT2D eigenvalue weighted by molar-refractivity contribution is 5.94. The molecular weight excluding hydrogens is 394 g/mol. The number of aromatic nitrogens is 4. The van der Waals surface area contributed by atoms with Crippen LogP contribution < -0.4 is 0 Å². The summed E-state index contributed by atoms with van der Waals surface area (Å²) in [6, 6.07) is 14.5. The monoisotopic (exact) mass is 415 g/mol. The van der Waals surface area contributed by atoms with Crippen molar-refractivity contribution in [2.24, 2.45) is 0 Å². The summed E-state index contributed by atoms with van der Waals surface area (Å²) >= 11 is 0. The highest BCUT2D eigenvalue weighted by Crippen LogP contribution is 2.26. The van der Waals surface area contributed by atoms with Crippen molar-refractivity contribution in [3.63, 3.8) is 0 Å². The van der Waals surface area contributed by atoms with Crippen LogP contribution >= 0.6 is 0 Å². The van der Waals surface area contributed by atoms with Crippen molar-refractivity contribution >= 4 is 5.91 Å². The molecule has 1 N–H and O–H groups in total. The lowest BCUT2D eigenvalue weighted by Crippen LogP contribution is -2.21. The number of carbonyl (C=O) groups is 1. The van der Waals surface area contributed by atoms with Gasteiger partial charge in [0, 0.05) is 30.8 Å². The first-order valence-electron chi connectivity index (χ1n) is 9.69. The van der Waals surface area contributed by atoms with Crippen molar-refractivity contribution in [2.75, 3.05) is 14.1 Å². The minimum atomic E-state index is -0.593. The molecule has 0 bridgehead atoms. The second kappa shape index (κ2) is 8.45. The van der Waals surface area contributed by atoms with Gasteiger partial charge in [-0.15, -0.1) is 10.2 Å². The molecule has 0 radical (unpaired) electrons. The fourth-order valence-electron chi connectivity index (χ4n) is 3.02. The zero-order valence-corrected chi connectivity index (χ0v) is 17.4. The Morgan fingerprint density at radius 3 is 2.39 bits per heavy atom. The van der Waals surface area contributed by atoms with E-state index >= 15 is 0 Å². The van der Waals surface area contributed by atoms with Crippen LogP contribution in [-0.4, -0.2) is 50.2 Å². The van der Waals surface area contributed by atoms with Gasteiger partial charge in [0.25, 0.3) is 11.8 Å². The number of benzene rings is 2. The number of aliphatic hydroxyl groups excluding tert-OH is 1. The van der Waals surface area contributed by atoms with Crippen molar-refractivity contribution in [3.8, 4) is 34.3 Å². The number of rotatable bonds is 5. The van der Waals surface area contributed by atoms with Crippen LogP contribution in [0.3, 0.4) is 0 Å². The Morgan fingerprint density at radius 1 is 0.968 bits per heavy atom. The zero-order chi connectivity index (χ0) is 22.0. The fraction of sp³-hybridized carbons (Fsp3) is 0.174. The first-order chi connectivity index (χ1) is 14.9. The first kappa shape index (κ1) is 20.4. The van der Waals surface area contributed by atoms with E-state index in [9.17, 15) is 9.90 Å². The Bertz CT molecular complexity index is 1220. The van der Waals surface area contributed by atoms with Gasteiger partial charge in [-0.05, 0) is 36.8 Å². The summed E-state index contributed by atoms with van der Waals surface area (Å²) in [5.41, 5.74) is 3.94. The van der Waals surface area contributed by atoms with Crippen LogP contribution in [0.2, 0.25) is 0 Å². The number of carbonyl (C=O) groups excluding carboxylic acids is 1. The minimum Gasteiger partial charge on any atom is -0.415 e. The lowest BCUT2D eigenvalue weighted by molar-refractivity contribution is 0.0827. The molecule has 0 aliphatic heterocycles. The number of aliphatic hydroxyl groups is 1. The third-order valence-electron chi connectivity index (χ3n) is 4.73. The Kier molecular flexibility index (Phi) is 5.55. The van der Waals surface area contributed by atoms with Gasteiger partial charge in [0.1, 0.15) is 5.69 Å². The fourth-order valence-corrected chi connectivity index (χ4v) is 3.02. The van der Waals surface area contributed by atoms with E-state index in [1.165, 1.54) is 4.90 Å². The van der Waals surface area contributed by atoms with Crippen LogP contribution in [0, 0.1) is 0 Å². The SMILES string of the molecule is CC(O)c1cccc(-c2nnc(-c3cncc(-c4ccc(C(=O)N(C)C)cc4)n3)o2)c1. The number of hydrogen-bond donors (Lipinski definition) is 1. The molecule has 0 aliphatic rings. The average Bonchev–Trinajstić information content (AvgIpc) is 3.29. The molecule has 2 heterocycles. The van der Waals surface area contributed by atoms with Gasteiger partial charge in [-0.2, -0.15) is 0 Å². The van der Waals surface area contributed by atoms with E-state index in [-0.39, 0.29) is 11.8 Å². The maximum atomic E-state index is 12.1. The van der Waals surface area contributed by atoms with Gasteiger partial charge in [-0.3, -0.25) is 9.78 Å². The van der Waals surface area contributed by atoms with Crippen LogP contribution in [-0.2, 0) is 0 Å². The summed E-state index contributed by atoms with van der Waals surface area (Å²) < 4.78 is 5.80. The van der Waals surface area contributed by atoms with Crippen LogP contribution in [0.4, 0.5) is 0 Å². The standard InChI is InChI=1S/C23H21N5O3/c1-14(29)17-5-4-6-18(11-17)21-26-27-22(31-21)20-13-24-12-19(25-20)15-7-9-16(10-8-15)23(30)28(2)3/h4-14,29H,1-3H3. The lowest BCUT2D eigenvalue weighted by Gasteiger charge is -2.10. The van der Waals surface area contributed by atoms with Crippen molar-refractivity contribution in [2.45, 2.75) is 13.0 Å². The third-order valence-corrected chi connectivity index (χ3v) is 4.73. The van der Waals surface area contributed by atoms with Crippen molar-refractivity contribution in [1.29, 1.82) is 0 Å². The van der Waals surface area contributed by atoms with Gasteiger partial charge in [-0.25, -0.2) is 4.98 Å². The average molecular weight is 415 g/mol. The molecule has 1 atom stereocenters. The van der Waals surface area contributed by atoms with Crippen LogP contribution in [0.1, 0.15) is 28.9 Å². The Balaban J connectivity index is 1.61. The topological polar surface area (TPSA) is 105 Å². The molecule has 4 aromatic rings. The van der Waals surface area contributed by atoms with E-state index < -0.39 is 6.10 Å². The Morgan fingerprint density at radius 2 is 1.68 bits per heavy atom. The zero-order valence-electron chi connectivity index (χ0n) is 17.4. The van der Waals surface area contributed by atoms with Crippen LogP contribution in [0.25, 0.3) is 34.3 Å². The molecule has 8 heteroatoms. The smallest absolute Gasteiger partial charge is 0.268 e. The van der Waals surface area contributed by atoms with Crippen molar-refractivity contribution < 1.29 is 14.3 Å². The summed E-state index contributed by atoms with van der Waals surface area (Å²) in [6.07, 6.45) is 2.59. The Labute approximate surface area is 179 Å². The predicted molar refractivity (Wildman–Crippen MR) is 115 cm³/mol. The molecule has 0 saturated carbocycles. The van der Waals surface area contributed by atoms with Crippen molar-refractivity contribution in [1.82, 2.24) is 25.1 Å². The predicted octanol–water partition coefficient (Wildman–Crippen LogP) is 3.62. The highest BCUT2D eigenvalue weighted by Gasteiger charge is 2.15. The van der Waals surface area contributed by atoms with Crippen molar-refractivity contribution in [3.05, 3.63) is 72.1 Å². The second-order valence-electron chi connectivity index (χ2n) is 7.28. The van der Waals surface area contributed by atoms with Gasteiger partial charge in [0.15, 0.2) is 0 Å². The van der Waals surface area contributed by atoms with Gasteiger partial charge >= 0.3 is 0 Å². The van der Waals surface area contributed by atoms with E-state index in [1.54, 1.807) is 51.6 Å². The van der Waals surface area contributed by atoms with E-state index in [0.717, 1.165) is 11.1 Å². The first-order valence-corrected chi connectivity index (χ1v) is 9.69. The molecule has 0 fully saturated rings. The van der Waals surface area contributed by atoms with Crippen LogP contribution in [0.15, 0.2) is 65.3 Å². The molecule has 8 nitrogen and oxygen atoms in total. The quantitative estimate of drug-likeness (QED) is 0.531. The summed E-state index contributed by atoms with van der Waals surface area (Å²) in [6.45, 7) is 1.70. The normalized spacial score (nSPS) is 11.9. The van der Waals surface area contributed by atoms with E-state index in [2.05, 4.69) is 20.2 Å². The number of nitrogens with zero attached hydrogens (tertiary/aromatic N) is 5. The molecule has 1 amide bonds. The summed E-state index contributed by atoms with van der Waals surface area (Å²) in [7, 11) is 3.43. The Hall–Kier alpha value is -3.91. The molecule has 0 spiro atoms. The van der Waals surface area contributed by atoms with Gasteiger partial charge in [0.05, 0.1) is 24.2 Å². The summed E-state index contributed by atoms with van der Waals surface area (Å²) in [4.78, 5) is 22.4. The molecule has 31 heavy (non-hydrogen) atoms. The molecular formula is C23H21N5O3. The molecule has 2 aromatic heterocycles. The molecule has 4 rings (SSSR count). The second-order valence-corrected chi connectivity index (χ2v) is 7.28. The van der Waals surface area contributed by atoms with E-state index in [4.69, 9.17) is 4.42 Å². The largest absolute Gasteiger partial charge is 0.415 e. The lowest BCUT2D eigenvalue weighted by atomic mass is 10.1. The molecule has 0 saturated heterocycles. The molecule has 156 valence electrons. The third kappa shape index (κ3) is 4.34. The number of amides is 1. The van der Waals surface area contributed by atoms with Gasteiger partial charge < -0.3 is 14.4 Å². The minimum absolute atomic E-state index is 0.0653. The summed E-state index contributed by atoms with van der Waals surface area (Å²) in [5, 5.41) is 18.0. The highest BCUT2D eigenvalue weighted by atomic mass is 16.4. The molecule has 2 aromatic carbocycles. The molecule has 1 unspecified atom stereocenters. The maximum absolute atomic E-state index is 12.1. The maximum Gasteiger partial charge on any atom is 0.268 e. The van der Waals surface area contributed by atoms with Gasteiger partial charge in [-0.1, -0.05) is 24.3 Å². The number of hydrogen-bond acceptors (Lipinski definition) is 7. The van der Waals surface area contributed by atoms with E-state index in [1.807, 2.05) is 30.3 Å². The van der Waals surface area contributed by atoms with E-state index in [0.29, 0.717) is 28.4 Å². The van der Waals surface area contributed by atoms with Gasteiger partial charge in [0.2, 0.25) is 5.89 Å². The van der Waals surface area contributed by atoms with Crippen LogP contribution in [0.5, 0.6) is 0 Å².